The second kappa shape index (κ2) is 6.05. The summed E-state index contributed by atoms with van der Waals surface area (Å²) in [6.07, 6.45) is 6.60. The molecule has 1 aromatic rings. The van der Waals surface area contributed by atoms with Crippen LogP contribution in [-0.4, -0.2) is 30.0 Å². The second-order valence-electron chi connectivity index (χ2n) is 4.78. The van der Waals surface area contributed by atoms with Crippen LogP contribution >= 0.6 is 0 Å². The van der Waals surface area contributed by atoms with Crippen molar-refractivity contribution in [3.63, 3.8) is 0 Å². The Bertz CT molecular complexity index is 342. The monoisotopic (exact) mass is 237 g/mol. The minimum absolute atomic E-state index is 0.775. The zero-order valence-electron chi connectivity index (χ0n) is 10.9. The summed E-state index contributed by atoms with van der Waals surface area (Å²) in [6.45, 7) is 5.47. The highest BCUT2D eigenvalue weighted by molar-refractivity contribution is 5.25. The molecule has 1 N–H and O–H groups in total. The van der Waals surface area contributed by atoms with Crippen LogP contribution in [0.15, 0.2) is 6.20 Å². The van der Waals surface area contributed by atoms with Crippen LogP contribution in [-0.2, 0) is 13.0 Å². The summed E-state index contributed by atoms with van der Waals surface area (Å²) in [5.41, 5.74) is 1.28. The molecule has 0 radical (unpaired) electrons. The van der Waals surface area contributed by atoms with E-state index in [2.05, 4.69) is 22.0 Å². The van der Waals surface area contributed by atoms with Gasteiger partial charge in [0.25, 0.3) is 0 Å². The first kappa shape index (κ1) is 12.4. The normalized spacial score (nSPS) is 17.3. The highest BCUT2D eigenvalue weighted by Gasteiger charge is 2.19. The van der Waals surface area contributed by atoms with Gasteiger partial charge in [0.05, 0.1) is 19.0 Å². The van der Waals surface area contributed by atoms with Crippen molar-refractivity contribution in [2.45, 2.75) is 39.2 Å². The summed E-state index contributed by atoms with van der Waals surface area (Å²) in [5.74, 6) is 1.73. The number of hydrogen-bond acceptors (Lipinski definition) is 3. The predicted molar refractivity (Wildman–Crippen MR) is 68.4 cm³/mol. The van der Waals surface area contributed by atoms with E-state index in [1.807, 2.05) is 6.20 Å². The van der Waals surface area contributed by atoms with Crippen LogP contribution < -0.4 is 10.1 Å². The fraction of sp³-hybridized carbons (Fsp3) is 0.769. The third kappa shape index (κ3) is 3.00. The van der Waals surface area contributed by atoms with Crippen molar-refractivity contribution in [1.82, 2.24) is 15.1 Å². The van der Waals surface area contributed by atoms with E-state index in [0.29, 0.717) is 0 Å². The molecule has 1 aromatic heterocycles. The maximum atomic E-state index is 5.41. The predicted octanol–water partition coefficient (Wildman–Crippen LogP) is 1.84. The fourth-order valence-electron chi connectivity index (χ4n) is 2.53. The van der Waals surface area contributed by atoms with E-state index in [4.69, 9.17) is 4.74 Å². The molecular formula is C13H23N3O. The Kier molecular flexibility index (Phi) is 4.42. The second-order valence-corrected chi connectivity index (χ2v) is 4.78. The van der Waals surface area contributed by atoms with Gasteiger partial charge in [0.15, 0.2) is 5.75 Å². The van der Waals surface area contributed by atoms with Gasteiger partial charge >= 0.3 is 0 Å². The van der Waals surface area contributed by atoms with Crippen LogP contribution in [0.1, 0.15) is 31.9 Å². The third-order valence-corrected chi connectivity index (χ3v) is 3.51. The molecule has 1 aliphatic rings. The Balaban J connectivity index is 2.08. The average Bonchev–Trinajstić information content (AvgIpc) is 2.74. The number of ether oxygens (including phenoxy) is 1. The summed E-state index contributed by atoms with van der Waals surface area (Å²) >= 11 is 0. The first-order chi connectivity index (χ1) is 8.35. The molecule has 2 rings (SSSR count). The first-order valence-corrected chi connectivity index (χ1v) is 6.64. The minimum Gasteiger partial charge on any atom is -0.493 e. The van der Waals surface area contributed by atoms with Crippen molar-refractivity contribution >= 4 is 0 Å². The number of aryl methyl sites for hydroxylation is 1. The highest BCUT2D eigenvalue weighted by atomic mass is 16.5. The van der Waals surface area contributed by atoms with Gasteiger partial charge in [0.2, 0.25) is 0 Å². The van der Waals surface area contributed by atoms with E-state index >= 15 is 0 Å². The molecule has 2 heterocycles. The van der Waals surface area contributed by atoms with Gasteiger partial charge < -0.3 is 10.1 Å². The fourth-order valence-corrected chi connectivity index (χ4v) is 2.53. The average molecular weight is 237 g/mol. The SMILES string of the molecule is CCCn1ncc(OC)c1CC1CCNCC1. The Labute approximate surface area is 103 Å². The zero-order chi connectivity index (χ0) is 12.1. The summed E-state index contributed by atoms with van der Waals surface area (Å²) in [5, 5.41) is 7.83. The molecule has 0 aliphatic carbocycles. The molecular weight excluding hydrogens is 214 g/mol. The molecule has 4 heteroatoms. The number of nitrogens with zero attached hydrogens (tertiary/aromatic N) is 2. The topological polar surface area (TPSA) is 39.1 Å². The van der Waals surface area contributed by atoms with E-state index in [1.54, 1.807) is 7.11 Å². The number of methoxy groups -OCH3 is 1. The van der Waals surface area contributed by atoms with Gasteiger partial charge in [-0.25, -0.2) is 0 Å². The van der Waals surface area contributed by atoms with E-state index in [-0.39, 0.29) is 0 Å². The lowest BCUT2D eigenvalue weighted by molar-refractivity contribution is 0.351. The van der Waals surface area contributed by atoms with Crippen molar-refractivity contribution in [1.29, 1.82) is 0 Å². The van der Waals surface area contributed by atoms with Gasteiger partial charge in [-0.05, 0) is 44.7 Å². The highest BCUT2D eigenvalue weighted by Crippen LogP contribution is 2.25. The maximum absolute atomic E-state index is 5.41. The molecule has 0 saturated carbocycles. The summed E-state index contributed by atoms with van der Waals surface area (Å²) in [4.78, 5) is 0. The van der Waals surface area contributed by atoms with Crippen molar-refractivity contribution in [2.75, 3.05) is 20.2 Å². The summed E-state index contributed by atoms with van der Waals surface area (Å²) in [6, 6.07) is 0. The summed E-state index contributed by atoms with van der Waals surface area (Å²) in [7, 11) is 1.74. The smallest absolute Gasteiger partial charge is 0.159 e. The Morgan fingerprint density at radius 1 is 1.47 bits per heavy atom. The van der Waals surface area contributed by atoms with Gasteiger partial charge in [-0.2, -0.15) is 5.10 Å². The van der Waals surface area contributed by atoms with Crippen molar-refractivity contribution in [2.24, 2.45) is 5.92 Å². The zero-order valence-corrected chi connectivity index (χ0v) is 10.9. The largest absolute Gasteiger partial charge is 0.493 e. The van der Waals surface area contributed by atoms with Crippen LogP contribution in [0.2, 0.25) is 0 Å². The summed E-state index contributed by atoms with van der Waals surface area (Å²) < 4.78 is 7.53. The van der Waals surface area contributed by atoms with E-state index in [1.165, 1.54) is 18.5 Å². The molecule has 1 fully saturated rings. The van der Waals surface area contributed by atoms with E-state index in [0.717, 1.165) is 44.1 Å². The van der Waals surface area contributed by atoms with Crippen LogP contribution in [0.25, 0.3) is 0 Å². The molecule has 0 amide bonds. The van der Waals surface area contributed by atoms with Gasteiger partial charge in [0, 0.05) is 6.54 Å². The number of hydrogen-bond donors (Lipinski definition) is 1. The Hall–Kier alpha value is -1.03. The molecule has 17 heavy (non-hydrogen) atoms. The lowest BCUT2D eigenvalue weighted by Crippen LogP contribution is -2.29. The van der Waals surface area contributed by atoms with Crippen molar-refractivity contribution < 1.29 is 4.74 Å². The van der Waals surface area contributed by atoms with Crippen molar-refractivity contribution in [3.05, 3.63) is 11.9 Å². The van der Waals surface area contributed by atoms with Crippen LogP contribution in [0.3, 0.4) is 0 Å². The molecule has 1 saturated heterocycles. The quantitative estimate of drug-likeness (QED) is 0.849. The Morgan fingerprint density at radius 2 is 2.24 bits per heavy atom. The van der Waals surface area contributed by atoms with Crippen molar-refractivity contribution in [3.8, 4) is 5.75 Å². The van der Waals surface area contributed by atoms with E-state index < -0.39 is 0 Å². The van der Waals surface area contributed by atoms with Gasteiger partial charge in [0.1, 0.15) is 0 Å². The number of piperidine rings is 1. The molecule has 0 bridgehead atoms. The minimum atomic E-state index is 0.775. The molecule has 1 aliphatic heterocycles. The maximum Gasteiger partial charge on any atom is 0.159 e. The number of aromatic nitrogens is 2. The van der Waals surface area contributed by atoms with Gasteiger partial charge in [-0.1, -0.05) is 6.92 Å². The first-order valence-electron chi connectivity index (χ1n) is 6.64. The number of nitrogens with one attached hydrogen (secondary N) is 1. The van der Waals surface area contributed by atoms with Gasteiger partial charge in [-0.3, -0.25) is 4.68 Å². The molecule has 0 unspecified atom stereocenters. The lowest BCUT2D eigenvalue weighted by atomic mass is 9.93. The lowest BCUT2D eigenvalue weighted by Gasteiger charge is -2.23. The van der Waals surface area contributed by atoms with E-state index in [9.17, 15) is 0 Å². The third-order valence-electron chi connectivity index (χ3n) is 3.51. The molecule has 0 spiro atoms. The molecule has 4 nitrogen and oxygen atoms in total. The molecule has 0 aromatic carbocycles. The van der Waals surface area contributed by atoms with Gasteiger partial charge in [-0.15, -0.1) is 0 Å². The molecule has 0 atom stereocenters. The number of rotatable bonds is 5. The standard InChI is InChI=1S/C13H23N3O/c1-3-8-16-12(13(17-2)10-15-16)9-11-4-6-14-7-5-11/h10-11,14H,3-9H2,1-2H3. The van der Waals surface area contributed by atoms with Crippen LogP contribution in [0.5, 0.6) is 5.75 Å². The van der Waals surface area contributed by atoms with Crippen LogP contribution in [0, 0.1) is 5.92 Å². The molecule has 96 valence electrons. The Morgan fingerprint density at radius 3 is 2.88 bits per heavy atom. The van der Waals surface area contributed by atoms with Crippen LogP contribution in [0.4, 0.5) is 0 Å².